The van der Waals surface area contributed by atoms with Gasteiger partial charge in [-0.05, 0) is 53.9 Å². The van der Waals surface area contributed by atoms with Crippen LogP contribution in [-0.2, 0) is 12.6 Å². The van der Waals surface area contributed by atoms with Gasteiger partial charge in [0, 0.05) is 6.54 Å². The summed E-state index contributed by atoms with van der Waals surface area (Å²) in [5, 5.41) is 0. The third kappa shape index (κ3) is 4.91. The van der Waals surface area contributed by atoms with Crippen LogP contribution in [0.5, 0.6) is 23.0 Å². The molecule has 0 bridgehead atoms. The molecule has 6 nitrogen and oxygen atoms in total. The maximum absolute atomic E-state index is 13.7. The molecular weight excluding hydrogens is 475 g/mol. The molecule has 36 heavy (non-hydrogen) atoms. The summed E-state index contributed by atoms with van der Waals surface area (Å²) in [6.07, 6.45) is -4.24. The summed E-state index contributed by atoms with van der Waals surface area (Å²) in [7, 11) is 4.54. The number of hydrogen-bond acceptors (Lipinski definition) is 5. The van der Waals surface area contributed by atoms with Crippen LogP contribution in [0, 0.1) is 0 Å². The van der Waals surface area contributed by atoms with Crippen molar-refractivity contribution in [2.75, 3.05) is 34.5 Å². The minimum atomic E-state index is -4.67. The summed E-state index contributed by atoms with van der Waals surface area (Å²) >= 11 is 0. The molecule has 9 heteroatoms. The number of carbonyl (C=O) groups excluding carboxylic acids is 1. The molecule has 4 rings (SSSR count). The Balaban J connectivity index is 1.77. The van der Waals surface area contributed by atoms with E-state index in [-0.39, 0.29) is 13.2 Å². The van der Waals surface area contributed by atoms with E-state index in [1.54, 1.807) is 30.3 Å². The molecule has 3 aromatic rings. The minimum Gasteiger partial charge on any atom is -0.493 e. The average Bonchev–Trinajstić information content (AvgIpc) is 2.90. The number of methoxy groups -OCH3 is 3. The van der Waals surface area contributed by atoms with Crippen LogP contribution < -0.4 is 18.9 Å². The van der Waals surface area contributed by atoms with Gasteiger partial charge in [0.05, 0.1) is 38.5 Å². The van der Waals surface area contributed by atoms with Gasteiger partial charge in [-0.25, -0.2) is 0 Å². The summed E-state index contributed by atoms with van der Waals surface area (Å²) in [5.74, 6) is 1.21. The zero-order chi connectivity index (χ0) is 25.9. The number of alkyl halides is 3. The summed E-state index contributed by atoms with van der Waals surface area (Å²) in [6.45, 7) is 0.191. The molecular formula is C27H26F3NO5. The van der Waals surface area contributed by atoms with Crippen molar-refractivity contribution in [1.82, 2.24) is 4.90 Å². The number of carbonyl (C=O) groups is 1. The summed E-state index contributed by atoms with van der Waals surface area (Å²) in [5.41, 5.74) is 0.231. The Morgan fingerprint density at radius 1 is 0.889 bits per heavy atom. The molecule has 1 aliphatic heterocycles. The van der Waals surface area contributed by atoms with Crippen molar-refractivity contribution in [2.45, 2.75) is 18.6 Å². The number of hydrogen-bond donors (Lipinski definition) is 0. The molecule has 0 spiro atoms. The fourth-order valence-electron chi connectivity index (χ4n) is 4.43. The van der Waals surface area contributed by atoms with Crippen molar-refractivity contribution in [3.05, 3.63) is 82.9 Å². The highest BCUT2D eigenvalue weighted by atomic mass is 19.4. The first-order chi connectivity index (χ1) is 17.3. The van der Waals surface area contributed by atoms with Crippen molar-refractivity contribution < 1.29 is 36.9 Å². The van der Waals surface area contributed by atoms with Crippen LogP contribution in [0.4, 0.5) is 13.2 Å². The number of benzene rings is 3. The Morgan fingerprint density at radius 3 is 2.17 bits per heavy atom. The van der Waals surface area contributed by atoms with Crippen molar-refractivity contribution in [1.29, 1.82) is 0 Å². The van der Waals surface area contributed by atoms with Gasteiger partial charge < -0.3 is 23.8 Å². The van der Waals surface area contributed by atoms with Gasteiger partial charge in [-0.1, -0.05) is 24.3 Å². The van der Waals surface area contributed by atoms with Crippen molar-refractivity contribution in [3.8, 4) is 23.0 Å². The molecule has 0 radical (unpaired) electrons. The molecule has 1 aliphatic rings. The molecule has 0 saturated heterocycles. The Morgan fingerprint density at radius 2 is 1.50 bits per heavy atom. The molecule has 0 saturated carbocycles. The van der Waals surface area contributed by atoms with Gasteiger partial charge in [0.15, 0.2) is 23.0 Å². The highest BCUT2D eigenvalue weighted by Crippen LogP contribution is 2.40. The van der Waals surface area contributed by atoms with Crippen LogP contribution in [0.2, 0.25) is 0 Å². The maximum atomic E-state index is 13.7. The van der Waals surface area contributed by atoms with Gasteiger partial charge >= 0.3 is 6.18 Å². The molecule has 0 aromatic heterocycles. The fourth-order valence-corrected chi connectivity index (χ4v) is 4.43. The van der Waals surface area contributed by atoms with E-state index in [1.165, 1.54) is 44.4 Å². The standard InChI is InChI=1S/C27H26F3NO5/c1-33-22-10-6-7-11-23(22)36-16-21-19-15-25(35-3)24(34-2)14-17(19)12-13-31(21)26(32)18-8-4-5-9-20(18)27(28,29)30/h4-11,14-15,21H,12-13,16H2,1-3H3/t21-/m1/s1. The number of para-hydroxylation sites is 2. The second-order valence-electron chi connectivity index (χ2n) is 8.18. The van der Waals surface area contributed by atoms with Crippen LogP contribution >= 0.6 is 0 Å². The molecule has 0 aliphatic carbocycles. The van der Waals surface area contributed by atoms with E-state index in [2.05, 4.69) is 0 Å². The summed E-state index contributed by atoms with van der Waals surface area (Å²) in [6, 6.07) is 14.7. The van der Waals surface area contributed by atoms with Gasteiger partial charge in [-0.15, -0.1) is 0 Å². The lowest BCUT2D eigenvalue weighted by Crippen LogP contribution is -2.43. The molecule has 1 amide bonds. The molecule has 0 fully saturated rings. The SMILES string of the molecule is COc1cc2c(cc1OC)[C@@H](COc1ccccc1OC)N(C(=O)c1ccccc1C(F)(F)F)CC2. The Kier molecular flexibility index (Phi) is 7.28. The van der Waals surface area contributed by atoms with Crippen LogP contribution in [-0.4, -0.2) is 45.3 Å². The first-order valence-electron chi connectivity index (χ1n) is 11.3. The van der Waals surface area contributed by atoms with E-state index >= 15 is 0 Å². The predicted octanol–water partition coefficient (Wildman–Crippen LogP) is 5.55. The molecule has 3 aromatic carbocycles. The molecule has 0 unspecified atom stereocenters. The van der Waals surface area contributed by atoms with Crippen molar-refractivity contribution in [2.24, 2.45) is 0 Å². The van der Waals surface area contributed by atoms with E-state index < -0.39 is 29.3 Å². The fraction of sp³-hybridized carbons (Fsp3) is 0.296. The van der Waals surface area contributed by atoms with Gasteiger partial charge in [0.2, 0.25) is 0 Å². The number of ether oxygens (including phenoxy) is 4. The molecule has 190 valence electrons. The van der Waals surface area contributed by atoms with Crippen molar-refractivity contribution >= 4 is 5.91 Å². The Hall–Kier alpha value is -3.88. The highest BCUT2D eigenvalue weighted by Gasteiger charge is 2.39. The number of fused-ring (bicyclic) bond motifs is 1. The first kappa shape index (κ1) is 25.2. The van der Waals surface area contributed by atoms with Crippen LogP contribution in [0.1, 0.15) is 33.1 Å². The normalized spacial score (nSPS) is 15.2. The van der Waals surface area contributed by atoms with E-state index in [9.17, 15) is 18.0 Å². The van der Waals surface area contributed by atoms with E-state index in [0.717, 1.165) is 11.6 Å². The van der Waals surface area contributed by atoms with E-state index in [0.29, 0.717) is 35.0 Å². The summed E-state index contributed by atoms with van der Waals surface area (Å²) in [4.78, 5) is 15.0. The maximum Gasteiger partial charge on any atom is 0.417 e. The topological polar surface area (TPSA) is 57.2 Å². The van der Waals surface area contributed by atoms with Crippen LogP contribution in [0.25, 0.3) is 0 Å². The minimum absolute atomic E-state index is 0.0111. The zero-order valence-electron chi connectivity index (χ0n) is 20.1. The largest absolute Gasteiger partial charge is 0.493 e. The number of nitrogens with zero attached hydrogens (tertiary/aromatic N) is 1. The van der Waals surface area contributed by atoms with Gasteiger partial charge in [-0.2, -0.15) is 13.2 Å². The third-order valence-corrected chi connectivity index (χ3v) is 6.19. The van der Waals surface area contributed by atoms with E-state index in [4.69, 9.17) is 18.9 Å². The first-order valence-corrected chi connectivity index (χ1v) is 11.3. The lowest BCUT2D eigenvalue weighted by Gasteiger charge is -2.38. The lowest BCUT2D eigenvalue weighted by atomic mass is 9.91. The monoisotopic (exact) mass is 501 g/mol. The van der Waals surface area contributed by atoms with Crippen molar-refractivity contribution in [3.63, 3.8) is 0 Å². The van der Waals surface area contributed by atoms with Crippen LogP contribution in [0.3, 0.4) is 0 Å². The zero-order valence-corrected chi connectivity index (χ0v) is 20.1. The second-order valence-corrected chi connectivity index (χ2v) is 8.18. The lowest BCUT2D eigenvalue weighted by molar-refractivity contribution is -0.138. The molecule has 0 N–H and O–H groups in total. The van der Waals surface area contributed by atoms with Crippen LogP contribution in [0.15, 0.2) is 60.7 Å². The highest BCUT2D eigenvalue weighted by molar-refractivity contribution is 5.96. The Bertz CT molecular complexity index is 1240. The van der Waals surface area contributed by atoms with E-state index in [1.807, 2.05) is 6.07 Å². The predicted molar refractivity (Wildman–Crippen MR) is 127 cm³/mol. The quantitative estimate of drug-likeness (QED) is 0.425. The number of amides is 1. The Labute approximate surface area is 207 Å². The molecule has 1 atom stereocenters. The summed E-state index contributed by atoms with van der Waals surface area (Å²) < 4.78 is 63.4. The van der Waals surface area contributed by atoms with Gasteiger partial charge in [0.25, 0.3) is 5.91 Å². The number of rotatable bonds is 7. The number of halogens is 3. The van der Waals surface area contributed by atoms with Gasteiger partial charge in [0.1, 0.15) is 6.61 Å². The average molecular weight is 502 g/mol. The third-order valence-electron chi connectivity index (χ3n) is 6.19. The molecule has 1 heterocycles. The smallest absolute Gasteiger partial charge is 0.417 e. The second kappa shape index (κ2) is 10.4. The van der Waals surface area contributed by atoms with Gasteiger partial charge in [-0.3, -0.25) is 4.79 Å².